The summed E-state index contributed by atoms with van der Waals surface area (Å²) in [6, 6.07) is 13.3. The lowest BCUT2D eigenvalue weighted by Crippen LogP contribution is -2.42. The zero-order valence-corrected chi connectivity index (χ0v) is 15.7. The summed E-state index contributed by atoms with van der Waals surface area (Å²) in [4.78, 5) is 6.64. The summed E-state index contributed by atoms with van der Waals surface area (Å²) < 4.78 is 28.7. The lowest BCUT2D eigenvalue weighted by Gasteiger charge is -2.26. The molecule has 1 aliphatic rings. The molecule has 0 radical (unpaired) electrons. The molecule has 8 heteroatoms. The van der Waals surface area contributed by atoms with Crippen molar-refractivity contribution in [2.45, 2.75) is 0 Å². The first kappa shape index (κ1) is 17.8. The molecule has 142 valence electrons. The highest BCUT2D eigenvalue weighted by atomic mass is 32.2. The Bertz CT molecular complexity index is 1010. The topological polar surface area (TPSA) is 101 Å². The van der Waals surface area contributed by atoms with Crippen molar-refractivity contribution in [1.29, 1.82) is 0 Å². The maximum atomic E-state index is 11.5. The van der Waals surface area contributed by atoms with Gasteiger partial charge in [-0.05, 0) is 30.3 Å². The highest BCUT2D eigenvalue weighted by Crippen LogP contribution is 2.28. The van der Waals surface area contributed by atoms with E-state index in [1.54, 1.807) is 0 Å². The van der Waals surface area contributed by atoms with E-state index in [1.165, 1.54) is 0 Å². The number of nitrogens with two attached hydrogens (primary N) is 1. The summed E-state index contributed by atoms with van der Waals surface area (Å²) in [6.45, 7) is 2.67. The van der Waals surface area contributed by atoms with E-state index in [2.05, 4.69) is 15.2 Å². The van der Waals surface area contributed by atoms with Crippen LogP contribution in [-0.2, 0) is 9.84 Å². The van der Waals surface area contributed by atoms with Gasteiger partial charge in [0, 0.05) is 31.7 Å². The highest BCUT2D eigenvalue weighted by molar-refractivity contribution is 7.91. The number of fused-ring (bicyclic) bond motifs is 1. The summed E-state index contributed by atoms with van der Waals surface area (Å²) in [5.74, 6) is 1.03. The number of oxazole rings is 1. The summed E-state index contributed by atoms with van der Waals surface area (Å²) >= 11 is 0. The number of rotatable bonds is 5. The molecule has 1 fully saturated rings. The lowest BCUT2D eigenvalue weighted by molar-refractivity contribution is 0.307. The van der Waals surface area contributed by atoms with Crippen LogP contribution in [0.15, 0.2) is 46.9 Å². The molecule has 0 amide bonds. The average molecular weight is 386 g/mol. The fourth-order valence-corrected chi connectivity index (χ4v) is 4.45. The molecule has 1 aromatic heterocycles. The zero-order valence-electron chi connectivity index (χ0n) is 14.9. The quantitative estimate of drug-likeness (QED) is 0.648. The van der Waals surface area contributed by atoms with E-state index in [0.29, 0.717) is 31.2 Å². The third-order valence-corrected chi connectivity index (χ3v) is 6.38. The van der Waals surface area contributed by atoms with E-state index >= 15 is 0 Å². The number of hydrogen-bond donors (Lipinski definition) is 2. The van der Waals surface area contributed by atoms with Crippen molar-refractivity contribution in [2.24, 2.45) is 0 Å². The minimum Gasteiger partial charge on any atom is -0.436 e. The molecule has 2 aromatic carbocycles. The Labute approximate surface area is 158 Å². The van der Waals surface area contributed by atoms with Gasteiger partial charge in [0.25, 0.3) is 0 Å². The SMILES string of the molecule is Nc1cc(-c2nc3ccccc3o2)ccc1NCCN1CCS(=O)(=O)CC1. The van der Waals surface area contributed by atoms with Crippen LogP contribution in [0.1, 0.15) is 0 Å². The van der Waals surface area contributed by atoms with Gasteiger partial charge in [-0.1, -0.05) is 12.1 Å². The number of hydrogen-bond acceptors (Lipinski definition) is 7. The van der Waals surface area contributed by atoms with Crippen LogP contribution in [0, 0.1) is 0 Å². The molecule has 1 aliphatic heterocycles. The van der Waals surface area contributed by atoms with Gasteiger partial charge in [0.2, 0.25) is 5.89 Å². The second-order valence-electron chi connectivity index (χ2n) is 6.71. The van der Waals surface area contributed by atoms with E-state index in [0.717, 1.165) is 28.9 Å². The van der Waals surface area contributed by atoms with E-state index in [9.17, 15) is 8.42 Å². The van der Waals surface area contributed by atoms with E-state index in [-0.39, 0.29) is 11.5 Å². The fraction of sp³-hybridized carbons (Fsp3) is 0.316. The number of nitrogens with one attached hydrogen (secondary N) is 1. The number of anilines is 2. The summed E-state index contributed by atoms with van der Waals surface area (Å²) in [7, 11) is -2.84. The fourth-order valence-electron chi connectivity index (χ4n) is 3.17. The van der Waals surface area contributed by atoms with Gasteiger partial charge in [0.15, 0.2) is 15.4 Å². The van der Waals surface area contributed by atoms with Crippen molar-refractivity contribution in [3.63, 3.8) is 0 Å². The van der Waals surface area contributed by atoms with Crippen LogP contribution >= 0.6 is 0 Å². The van der Waals surface area contributed by atoms with Gasteiger partial charge < -0.3 is 15.5 Å². The van der Waals surface area contributed by atoms with Crippen LogP contribution < -0.4 is 11.1 Å². The van der Waals surface area contributed by atoms with Crippen LogP contribution in [0.25, 0.3) is 22.6 Å². The van der Waals surface area contributed by atoms with Crippen LogP contribution in [-0.4, -0.2) is 56.0 Å². The molecule has 3 aromatic rings. The monoisotopic (exact) mass is 386 g/mol. The van der Waals surface area contributed by atoms with Gasteiger partial charge in [-0.3, -0.25) is 4.90 Å². The molecule has 7 nitrogen and oxygen atoms in total. The number of sulfone groups is 1. The number of para-hydroxylation sites is 2. The van der Waals surface area contributed by atoms with Crippen LogP contribution in [0.4, 0.5) is 11.4 Å². The van der Waals surface area contributed by atoms with Crippen molar-refractivity contribution in [3.8, 4) is 11.5 Å². The zero-order chi connectivity index (χ0) is 18.9. The Morgan fingerprint density at radius 2 is 1.93 bits per heavy atom. The maximum Gasteiger partial charge on any atom is 0.227 e. The molecule has 4 rings (SSSR count). The predicted molar refractivity (Wildman–Crippen MR) is 107 cm³/mol. The summed E-state index contributed by atoms with van der Waals surface area (Å²) in [5.41, 5.74) is 10.0. The Hall–Kier alpha value is -2.58. The van der Waals surface area contributed by atoms with Crippen molar-refractivity contribution in [2.75, 3.05) is 48.7 Å². The molecule has 0 spiro atoms. The Balaban J connectivity index is 1.38. The predicted octanol–water partition coefficient (Wildman–Crippen LogP) is 2.22. The summed E-state index contributed by atoms with van der Waals surface area (Å²) in [6.07, 6.45) is 0. The molecule has 3 N–H and O–H groups in total. The van der Waals surface area contributed by atoms with Crippen molar-refractivity contribution in [3.05, 3.63) is 42.5 Å². The van der Waals surface area contributed by atoms with Crippen molar-refractivity contribution >= 4 is 32.3 Å². The van der Waals surface area contributed by atoms with Gasteiger partial charge in [0.05, 0.1) is 22.9 Å². The number of benzene rings is 2. The molecule has 0 bridgehead atoms. The summed E-state index contributed by atoms with van der Waals surface area (Å²) in [5, 5.41) is 3.32. The smallest absolute Gasteiger partial charge is 0.227 e. The maximum absolute atomic E-state index is 11.5. The van der Waals surface area contributed by atoms with Gasteiger partial charge in [-0.2, -0.15) is 0 Å². The number of aromatic nitrogens is 1. The molecular weight excluding hydrogens is 364 g/mol. The van der Waals surface area contributed by atoms with Crippen LogP contribution in [0.2, 0.25) is 0 Å². The third-order valence-electron chi connectivity index (χ3n) is 4.77. The largest absolute Gasteiger partial charge is 0.436 e. The highest BCUT2D eigenvalue weighted by Gasteiger charge is 2.20. The lowest BCUT2D eigenvalue weighted by atomic mass is 10.1. The first-order valence-corrected chi connectivity index (χ1v) is 10.7. The third kappa shape index (κ3) is 4.06. The Morgan fingerprint density at radius 3 is 2.67 bits per heavy atom. The van der Waals surface area contributed by atoms with Gasteiger partial charge in [-0.25, -0.2) is 13.4 Å². The molecule has 27 heavy (non-hydrogen) atoms. The van der Waals surface area contributed by atoms with E-state index in [4.69, 9.17) is 10.2 Å². The van der Waals surface area contributed by atoms with Gasteiger partial charge in [-0.15, -0.1) is 0 Å². The van der Waals surface area contributed by atoms with E-state index < -0.39 is 9.84 Å². The molecule has 0 saturated carbocycles. The number of nitrogens with zero attached hydrogens (tertiary/aromatic N) is 2. The Morgan fingerprint density at radius 1 is 1.15 bits per heavy atom. The second-order valence-corrected chi connectivity index (χ2v) is 9.01. The molecule has 2 heterocycles. The van der Waals surface area contributed by atoms with Crippen LogP contribution in [0.3, 0.4) is 0 Å². The minimum atomic E-state index is -2.84. The second kappa shape index (κ2) is 7.21. The van der Waals surface area contributed by atoms with Gasteiger partial charge >= 0.3 is 0 Å². The Kier molecular flexibility index (Phi) is 4.75. The first-order valence-electron chi connectivity index (χ1n) is 8.92. The molecule has 0 aliphatic carbocycles. The van der Waals surface area contributed by atoms with Crippen molar-refractivity contribution < 1.29 is 12.8 Å². The number of nitrogen functional groups attached to an aromatic ring is 1. The normalized spacial score (nSPS) is 17.2. The molecule has 0 atom stereocenters. The first-order chi connectivity index (χ1) is 13.0. The molecule has 1 saturated heterocycles. The van der Waals surface area contributed by atoms with Crippen LogP contribution in [0.5, 0.6) is 0 Å². The minimum absolute atomic E-state index is 0.244. The molecule has 0 unspecified atom stereocenters. The molecular formula is C19H22N4O3S. The average Bonchev–Trinajstić information content (AvgIpc) is 3.08. The van der Waals surface area contributed by atoms with Crippen molar-refractivity contribution in [1.82, 2.24) is 9.88 Å². The van der Waals surface area contributed by atoms with E-state index in [1.807, 2.05) is 42.5 Å². The van der Waals surface area contributed by atoms with Gasteiger partial charge in [0.1, 0.15) is 5.52 Å². The standard InChI is InChI=1S/C19H22N4O3S/c20-15-13-14(19-22-17-3-1-2-4-18(17)26-19)5-6-16(15)21-7-8-23-9-11-27(24,25)12-10-23/h1-6,13,21H,7-12,20H2.